The quantitative estimate of drug-likeness (QED) is 0.261. The first-order chi connectivity index (χ1) is 14.5. The molecule has 0 aromatic rings. The van der Waals surface area contributed by atoms with Gasteiger partial charge in [-0.1, -0.05) is 61.8 Å². The molecule has 0 aromatic carbocycles. The summed E-state index contributed by atoms with van der Waals surface area (Å²) in [7, 11) is 3.20. The fraction of sp³-hybridized carbons (Fsp3) is 0.960. The Kier molecular flexibility index (Phi) is 22.7. The van der Waals surface area contributed by atoms with Crippen molar-refractivity contribution in [3.05, 3.63) is 0 Å². The van der Waals surface area contributed by atoms with Crippen LogP contribution in [0.5, 0.6) is 0 Å². The first-order valence-corrected chi connectivity index (χ1v) is 12.2. The molecule has 0 aliphatic rings. The van der Waals surface area contributed by atoms with E-state index in [2.05, 4.69) is 6.92 Å². The third-order valence-corrected chi connectivity index (χ3v) is 5.58. The van der Waals surface area contributed by atoms with Gasteiger partial charge < -0.3 is 30.2 Å². The molecular formula is C25H55NO5. The number of hydrogen-bond donors (Lipinski definition) is 4. The highest BCUT2D eigenvalue weighted by atomic mass is 16.5. The van der Waals surface area contributed by atoms with Crippen LogP contribution in [0.15, 0.2) is 0 Å². The van der Waals surface area contributed by atoms with Crippen LogP contribution < -0.4 is 0 Å². The van der Waals surface area contributed by atoms with Crippen LogP contribution in [0.3, 0.4) is 0 Å². The lowest BCUT2D eigenvalue weighted by Crippen LogP contribution is -2.45. The second kappa shape index (κ2) is 20.1. The Morgan fingerprint density at radius 3 is 1.94 bits per heavy atom. The number of hydrogen-bond acceptors (Lipinski definition) is 6. The lowest BCUT2D eigenvalue weighted by molar-refractivity contribution is -0.0850. The van der Waals surface area contributed by atoms with Gasteiger partial charge in [-0.25, -0.2) is 0 Å². The van der Waals surface area contributed by atoms with Crippen LogP contribution in [0.1, 0.15) is 94.4 Å². The summed E-state index contributed by atoms with van der Waals surface area (Å²) >= 11 is 0. The Morgan fingerprint density at radius 1 is 1.00 bits per heavy atom. The molecule has 0 aliphatic heterocycles. The van der Waals surface area contributed by atoms with E-state index >= 15 is 0 Å². The van der Waals surface area contributed by atoms with Crippen molar-refractivity contribution in [3.63, 3.8) is 0 Å². The van der Waals surface area contributed by atoms with Gasteiger partial charge in [-0.05, 0) is 44.4 Å². The van der Waals surface area contributed by atoms with Crippen molar-refractivity contribution >= 4 is 5.71 Å². The summed E-state index contributed by atoms with van der Waals surface area (Å²) in [6.07, 6.45) is 1.05. The monoisotopic (exact) mass is 449 g/mol. The van der Waals surface area contributed by atoms with E-state index in [9.17, 15) is 15.3 Å². The van der Waals surface area contributed by atoms with Crippen molar-refractivity contribution < 1.29 is 24.8 Å². The lowest BCUT2D eigenvalue weighted by atomic mass is 9.80. The summed E-state index contributed by atoms with van der Waals surface area (Å²) in [4.78, 5) is 0. The molecule has 0 aliphatic carbocycles. The van der Waals surface area contributed by atoms with Gasteiger partial charge in [0.05, 0.1) is 17.8 Å². The van der Waals surface area contributed by atoms with E-state index in [-0.39, 0.29) is 5.92 Å². The fourth-order valence-electron chi connectivity index (χ4n) is 3.77. The zero-order chi connectivity index (χ0) is 25.2. The largest absolute Gasteiger partial charge is 0.390 e. The van der Waals surface area contributed by atoms with Crippen molar-refractivity contribution in [1.29, 1.82) is 5.41 Å². The maximum atomic E-state index is 10.7. The highest BCUT2D eigenvalue weighted by molar-refractivity contribution is 5.86. The SMILES string of the molecule is CC.CC.CC[C@@H](OC)C(O)C(O)C(C)C(=N)[C@H](C)C[C@@](C)(O)CCCC(C)COC. The van der Waals surface area contributed by atoms with Crippen LogP contribution in [-0.4, -0.2) is 65.8 Å². The summed E-state index contributed by atoms with van der Waals surface area (Å²) in [5, 5.41) is 39.9. The number of methoxy groups -OCH3 is 2. The van der Waals surface area contributed by atoms with Crippen LogP contribution >= 0.6 is 0 Å². The minimum Gasteiger partial charge on any atom is -0.390 e. The normalized spacial score (nSPS) is 18.6. The van der Waals surface area contributed by atoms with Crippen molar-refractivity contribution in [3.8, 4) is 0 Å². The van der Waals surface area contributed by atoms with Crippen molar-refractivity contribution in [2.75, 3.05) is 20.8 Å². The van der Waals surface area contributed by atoms with Gasteiger partial charge in [-0.2, -0.15) is 0 Å². The van der Waals surface area contributed by atoms with Crippen molar-refractivity contribution in [2.45, 2.75) is 118 Å². The van der Waals surface area contributed by atoms with E-state index in [1.807, 2.05) is 48.5 Å². The van der Waals surface area contributed by atoms with E-state index in [0.717, 1.165) is 19.4 Å². The number of ether oxygens (including phenoxy) is 2. The summed E-state index contributed by atoms with van der Waals surface area (Å²) < 4.78 is 10.3. The van der Waals surface area contributed by atoms with Crippen LogP contribution in [0.4, 0.5) is 0 Å². The highest BCUT2D eigenvalue weighted by Crippen LogP contribution is 2.27. The van der Waals surface area contributed by atoms with Gasteiger partial charge in [-0.15, -0.1) is 0 Å². The lowest BCUT2D eigenvalue weighted by Gasteiger charge is -2.33. The van der Waals surface area contributed by atoms with Crippen LogP contribution in [-0.2, 0) is 9.47 Å². The number of aliphatic hydroxyl groups is 3. The van der Waals surface area contributed by atoms with E-state index in [1.54, 1.807) is 14.0 Å². The van der Waals surface area contributed by atoms with E-state index < -0.39 is 29.8 Å². The van der Waals surface area contributed by atoms with E-state index in [0.29, 0.717) is 30.9 Å². The summed E-state index contributed by atoms with van der Waals surface area (Å²) in [6, 6.07) is 0. The van der Waals surface area contributed by atoms with Gasteiger partial charge in [0.15, 0.2) is 0 Å². The van der Waals surface area contributed by atoms with Gasteiger partial charge in [0.1, 0.15) is 6.10 Å². The summed E-state index contributed by atoms with van der Waals surface area (Å²) in [5.74, 6) is -0.224. The third kappa shape index (κ3) is 15.0. The molecule has 6 heteroatoms. The van der Waals surface area contributed by atoms with Crippen LogP contribution in [0.25, 0.3) is 0 Å². The minimum absolute atomic E-state index is 0.184. The van der Waals surface area contributed by atoms with Gasteiger partial charge in [0, 0.05) is 32.5 Å². The average molecular weight is 450 g/mol. The third-order valence-electron chi connectivity index (χ3n) is 5.58. The van der Waals surface area contributed by atoms with Gasteiger partial charge in [-0.3, -0.25) is 0 Å². The summed E-state index contributed by atoms with van der Waals surface area (Å²) in [6.45, 7) is 18.2. The second-order valence-corrected chi connectivity index (χ2v) is 8.46. The molecule has 0 aromatic heterocycles. The summed E-state index contributed by atoms with van der Waals surface area (Å²) in [5.41, 5.74) is -0.513. The molecule has 7 atom stereocenters. The Hall–Kier alpha value is -0.530. The average Bonchev–Trinajstić information content (AvgIpc) is 2.75. The standard InChI is InChI=1S/C21H43NO5.2C2H6/c1-8-17(27-7)20(24)19(23)16(4)18(22)15(3)12-21(5,25)11-9-10-14(2)13-26-6;2*1-2/h14-17,19-20,22-25H,8-13H2,1-7H3;2*1-2H3/t14?,15-,16?,17-,19?,20?,21+;;/m1../s1. The molecule has 31 heavy (non-hydrogen) atoms. The first-order valence-electron chi connectivity index (χ1n) is 12.2. The van der Waals surface area contributed by atoms with Crippen LogP contribution in [0.2, 0.25) is 0 Å². The van der Waals surface area contributed by atoms with Gasteiger partial charge in [0.2, 0.25) is 0 Å². The first kappa shape index (κ1) is 35.1. The topological polar surface area (TPSA) is 103 Å². The molecule has 0 saturated heterocycles. The van der Waals surface area contributed by atoms with E-state index in [1.165, 1.54) is 7.11 Å². The molecule has 0 saturated carbocycles. The Labute approximate surface area is 193 Å². The predicted octanol–water partition coefficient (Wildman–Crippen LogP) is 5.07. The molecule has 4 N–H and O–H groups in total. The maximum absolute atomic E-state index is 10.7. The minimum atomic E-state index is -1.07. The Bertz CT molecular complexity index is 413. The molecule has 190 valence electrons. The second-order valence-electron chi connectivity index (χ2n) is 8.46. The van der Waals surface area contributed by atoms with Gasteiger partial charge >= 0.3 is 0 Å². The van der Waals surface area contributed by atoms with Crippen molar-refractivity contribution in [2.24, 2.45) is 17.8 Å². The zero-order valence-corrected chi connectivity index (χ0v) is 22.4. The Balaban J connectivity index is -0.00000184. The molecule has 0 spiro atoms. The molecule has 0 fully saturated rings. The molecule has 0 radical (unpaired) electrons. The predicted molar refractivity (Wildman–Crippen MR) is 132 cm³/mol. The number of rotatable bonds is 15. The number of aliphatic hydroxyl groups excluding tert-OH is 2. The molecular weight excluding hydrogens is 394 g/mol. The smallest absolute Gasteiger partial charge is 0.107 e. The Morgan fingerprint density at radius 2 is 1.52 bits per heavy atom. The van der Waals surface area contributed by atoms with E-state index in [4.69, 9.17) is 14.9 Å². The molecule has 6 nitrogen and oxygen atoms in total. The molecule has 0 heterocycles. The zero-order valence-electron chi connectivity index (χ0n) is 22.4. The van der Waals surface area contributed by atoms with Gasteiger partial charge in [0.25, 0.3) is 0 Å². The molecule has 0 rings (SSSR count). The molecule has 4 unspecified atom stereocenters. The number of nitrogens with one attached hydrogen (secondary N) is 1. The molecule has 0 bridgehead atoms. The van der Waals surface area contributed by atoms with Crippen molar-refractivity contribution in [1.82, 2.24) is 0 Å². The fourth-order valence-corrected chi connectivity index (χ4v) is 3.77. The van der Waals surface area contributed by atoms with Crippen LogP contribution in [0, 0.1) is 23.2 Å². The highest BCUT2D eigenvalue weighted by Gasteiger charge is 2.34. The maximum Gasteiger partial charge on any atom is 0.107 e. The molecule has 0 amide bonds.